The maximum atomic E-state index is 9.09. The van der Waals surface area contributed by atoms with Gasteiger partial charge in [0, 0.05) is 0 Å². The molecule has 1 aliphatic carbocycles. The highest BCUT2D eigenvalue weighted by atomic mass is 16.5. The highest BCUT2D eigenvalue weighted by molar-refractivity contribution is 5.86. The van der Waals surface area contributed by atoms with Gasteiger partial charge in [0.15, 0.2) is 0 Å². The van der Waals surface area contributed by atoms with Crippen LogP contribution in [-0.4, -0.2) is 24.9 Å². The van der Waals surface area contributed by atoms with Crippen LogP contribution in [0.1, 0.15) is 29.2 Å². The predicted molar refractivity (Wildman–Crippen MR) is 127 cm³/mol. The van der Waals surface area contributed by atoms with Crippen LogP contribution in [-0.2, 0) is 5.41 Å². The molecule has 0 unspecified atom stereocenters. The molecule has 4 aromatic rings. The van der Waals surface area contributed by atoms with E-state index in [1.54, 1.807) is 0 Å². The summed E-state index contributed by atoms with van der Waals surface area (Å²) in [6.45, 7) is 2.93. The fraction of sp³-hybridized carbons (Fsp3) is 0.172. The molecule has 32 heavy (non-hydrogen) atoms. The minimum absolute atomic E-state index is 0.00137. The first-order valence-electron chi connectivity index (χ1n) is 11.1. The quantitative estimate of drug-likeness (QED) is 0.359. The van der Waals surface area contributed by atoms with E-state index in [-0.39, 0.29) is 13.2 Å². The lowest BCUT2D eigenvalue weighted by atomic mass is 9.68. The summed E-state index contributed by atoms with van der Waals surface area (Å²) in [4.78, 5) is 0. The molecule has 0 fully saturated rings. The van der Waals surface area contributed by atoms with Crippen molar-refractivity contribution >= 4 is 0 Å². The molecule has 0 amide bonds. The summed E-state index contributed by atoms with van der Waals surface area (Å²) in [5, 5.41) is 9.09. The third-order valence-electron chi connectivity index (χ3n) is 6.20. The first kappa shape index (κ1) is 20.3. The number of ether oxygens (including phenoxy) is 2. The molecule has 0 radical (unpaired) electrons. The summed E-state index contributed by atoms with van der Waals surface area (Å²) in [7, 11) is 0. The monoisotopic (exact) mass is 422 g/mol. The zero-order chi connectivity index (χ0) is 22.0. The number of benzene rings is 4. The van der Waals surface area contributed by atoms with Gasteiger partial charge in [-0.3, -0.25) is 0 Å². The molecule has 0 aromatic heterocycles. The second kappa shape index (κ2) is 8.52. The second-order valence-electron chi connectivity index (χ2n) is 7.90. The van der Waals surface area contributed by atoms with Crippen molar-refractivity contribution in [3.8, 4) is 22.6 Å². The zero-order valence-corrected chi connectivity index (χ0v) is 18.1. The average molecular weight is 423 g/mol. The molecule has 1 N–H and O–H groups in total. The number of aliphatic hydroxyl groups excluding tert-OH is 1. The van der Waals surface area contributed by atoms with E-state index in [0.717, 1.165) is 11.5 Å². The van der Waals surface area contributed by atoms with Gasteiger partial charge in [0.2, 0.25) is 0 Å². The van der Waals surface area contributed by atoms with Crippen molar-refractivity contribution < 1.29 is 14.6 Å². The van der Waals surface area contributed by atoms with Crippen LogP contribution in [0.5, 0.6) is 11.5 Å². The van der Waals surface area contributed by atoms with Crippen LogP contribution < -0.4 is 9.47 Å². The molecule has 1 aliphatic rings. The van der Waals surface area contributed by atoms with Crippen LogP contribution >= 0.6 is 0 Å². The van der Waals surface area contributed by atoms with E-state index in [9.17, 15) is 0 Å². The van der Waals surface area contributed by atoms with Crippen molar-refractivity contribution in [2.75, 3.05) is 19.8 Å². The number of aliphatic hydroxyl groups is 1. The van der Waals surface area contributed by atoms with Crippen LogP contribution in [0.4, 0.5) is 0 Å². The molecule has 3 nitrogen and oxygen atoms in total. The van der Waals surface area contributed by atoms with E-state index in [0.29, 0.717) is 6.61 Å². The molecule has 5 rings (SSSR count). The molecule has 0 spiro atoms. The Labute approximate surface area is 188 Å². The number of hydrogen-bond donors (Lipinski definition) is 1. The molecule has 4 aromatic carbocycles. The number of rotatable bonds is 7. The van der Waals surface area contributed by atoms with Crippen LogP contribution in [0.2, 0.25) is 0 Å². The van der Waals surface area contributed by atoms with Gasteiger partial charge in [-0.15, -0.1) is 0 Å². The SMILES string of the molecule is CCOc1ccc(C2(c3ccc(OCCO)cc3)c3ccccc3-c3ccccc32)cc1. The van der Waals surface area contributed by atoms with Crippen molar-refractivity contribution in [2.45, 2.75) is 12.3 Å². The van der Waals surface area contributed by atoms with Gasteiger partial charge in [-0.2, -0.15) is 0 Å². The molecule has 0 saturated heterocycles. The highest BCUT2D eigenvalue weighted by Gasteiger charge is 2.45. The minimum atomic E-state index is -0.437. The van der Waals surface area contributed by atoms with Gasteiger partial charge >= 0.3 is 0 Å². The molecule has 160 valence electrons. The Balaban J connectivity index is 1.76. The largest absolute Gasteiger partial charge is 0.494 e. The van der Waals surface area contributed by atoms with Gasteiger partial charge in [-0.05, 0) is 64.6 Å². The van der Waals surface area contributed by atoms with E-state index >= 15 is 0 Å². The van der Waals surface area contributed by atoms with Crippen LogP contribution in [0.25, 0.3) is 11.1 Å². The lowest BCUT2D eigenvalue weighted by Gasteiger charge is -2.34. The van der Waals surface area contributed by atoms with Gasteiger partial charge in [-0.1, -0.05) is 72.8 Å². The lowest BCUT2D eigenvalue weighted by molar-refractivity contribution is 0.201. The summed E-state index contributed by atoms with van der Waals surface area (Å²) in [5.41, 5.74) is 7.00. The van der Waals surface area contributed by atoms with Crippen molar-refractivity contribution in [3.05, 3.63) is 119 Å². The Morgan fingerprint density at radius 1 is 0.625 bits per heavy atom. The molecule has 0 aliphatic heterocycles. The molecule has 3 heteroatoms. The normalized spacial score (nSPS) is 13.3. The van der Waals surface area contributed by atoms with Crippen molar-refractivity contribution in [1.29, 1.82) is 0 Å². The highest BCUT2D eigenvalue weighted by Crippen LogP contribution is 2.56. The Morgan fingerprint density at radius 2 is 1.09 bits per heavy atom. The van der Waals surface area contributed by atoms with Crippen molar-refractivity contribution in [2.24, 2.45) is 0 Å². The fourth-order valence-corrected chi connectivity index (χ4v) is 4.96. The van der Waals surface area contributed by atoms with Gasteiger partial charge in [0.05, 0.1) is 18.6 Å². The van der Waals surface area contributed by atoms with E-state index in [1.807, 2.05) is 19.1 Å². The predicted octanol–water partition coefficient (Wildman–Crippen LogP) is 5.82. The Hall–Kier alpha value is -3.56. The minimum Gasteiger partial charge on any atom is -0.494 e. The summed E-state index contributed by atoms with van der Waals surface area (Å²) < 4.78 is 11.3. The Morgan fingerprint density at radius 3 is 1.56 bits per heavy atom. The molecular formula is C29H26O3. The van der Waals surface area contributed by atoms with E-state index in [2.05, 4.69) is 84.9 Å². The molecule has 0 saturated carbocycles. The Kier molecular flexibility index (Phi) is 5.42. The summed E-state index contributed by atoms with van der Waals surface area (Å²) in [5.74, 6) is 1.63. The fourth-order valence-electron chi connectivity index (χ4n) is 4.96. The van der Waals surface area contributed by atoms with E-state index in [4.69, 9.17) is 14.6 Å². The first-order chi connectivity index (χ1) is 15.8. The van der Waals surface area contributed by atoms with Gasteiger partial charge in [0.25, 0.3) is 0 Å². The third-order valence-corrected chi connectivity index (χ3v) is 6.20. The molecule has 0 bridgehead atoms. The third kappa shape index (κ3) is 3.17. The average Bonchev–Trinajstić information content (AvgIpc) is 3.15. The lowest BCUT2D eigenvalue weighted by Crippen LogP contribution is -2.28. The van der Waals surface area contributed by atoms with Crippen molar-refractivity contribution in [1.82, 2.24) is 0 Å². The summed E-state index contributed by atoms with van der Waals surface area (Å²) in [6.07, 6.45) is 0. The summed E-state index contributed by atoms with van der Waals surface area (Å²) in [6, 6.07) is 34.1. The van der Waals surface area contributed by atoms with Crippen molar-refractivity contribution in [3.63, 3.8) is 0 Å². The van der Waals surface area contributed by atoms with Crippen LogP contribution in [0, 0.1) is 0 Å². The number of fused-ring (bicyclic) bond motifs is 3. The van der Waals surface area contributed by atoms with Crippen LogP contribution in [0.3, 0.4) is 0 Å². The second-order valence-corrected chi connectivity index (χ2v) is 7.90. The Bertz CT molecular complexity index is 1160. The molecule has 0 atom stereocenters. The first-order valence-corrected chi connectivity index (χ1v) is 11.1. The number of hydrogen-bond acceptors (Lipinski definition) is 3. The molecule has 0 heterocycles. The van der Waals surface area contributed by atoms with E-state index < -0.39 is 5.41 Å². The maximum Gasteiger partial charge on any atom is 0.119 e. The standard InChI is InChI=1S/C29H26O3/c1-2-31-23-15-11-21(12-16-23)29(22-13-17-24(18-14-22)32-20-19-30)27-9-5-3-7-25(27)26-8-4-6-10-28(26)29/h3-18,30H,2,19-20H2,1H3. The van der Waals surface area contributed by atoms with Gasteiger partial charge in [0.1, 0.15) is 18.1 Å². The maximum absolute atomic E-state index is 9.09. The smallest absolute Gasteiger partial charge is 0.119 e. The molecular weight excluding hydrogens is 396 g/mol. The van der Waals surface area contributed by atoms with Crippen LogP contribution in [0.15, 0.2) is 97.1 Å². The topological polar surface area (TPSA) is 38.7 Å². The van der Waals surface area contributed by atoms with E-state index in [1.165, 1.54) is 33.4 Å². The van der Waals surface area contributed by atoms with Gasteiger partial charge < -0.3 is 14.6 Å². The zero-order valence-electron chi connectivity index (χ0n) is 18.1. The van der Waals surface area contributed by atoms with Gasteiger partial charge in [-0.25, -0.2) is 0 Å². The summed E-state index contributed by atoms with van der Waals surface area (Å²) >= 11 is 0.